The van der Waals surface area contributed by atoms with Crippen molar-refractivity contribution in [3.63, 3.8) is 0 Å². The second kappa shape index (κ2) is 10.4. The van der Waals surface area contributed by atoms with E-state index in [0.717, 1.165) is 17.7 Å². The molecule has 5 rings (SSSR count). The SMILES string of the molecule is COc1cc(F)c(F)cc1C(=O)N[C@@H]1C2CCC(C2=Cc2cnoc2)[C@@H]1C(=O)Nc1ccc(F)c(C(F)(F)F)c1. The molecular weight excluding hydrogens is 544 g/mol. The Kier molecular flexibility index (Phi) is 7.06. The largest absolute Gasteiger partial charge is 0.496 e. The number of ether oxygens (including phenoxy) is 1. The first kappa shape index (κ1) is 27.3. The molecule has 2 fully saturated rings. The van der Waals surface area contributed by atoms with Crippen molar-refractivity contribution in [1.82, 2.24) is 10.5 Å². The Balaban J connectivity index is 1.48. The lowest BCUT2D eigenvalue weighted by molar-refractivity contribution is -0.140. The molecule has 2 aliphatic carbocycles. The number of anilines is 1. The molecule has 13 heteroatoms. The molecular formula is C27H21F6N3O4. The molecule has 4 atom stereocenters. The van der Waals surface area contributed by atoms with Crippen molar-refractivity contribution >= 4 is 23.6 Å². The quantitative estimate of drug-likeness (QED) is 0.380. The van der Waals surface area contributed by atoms with Gasteiger partial charge in [-0.3, -0.25) is 9.59 Å². The summed E-state index contributed by atoms with van der Waals surface area (Å²) in [5.74, 6) is -7.50. The molecule has 2 saturated carbocycles. The van der Waals surface area contributed by atoms with Gasteiger partial charge in [0.1, 0.15) is 17.8 Å². The van der Waals surface area contributed by atoms with Crippen molar-refractivity contribution in [3.05, 3.63) is 82.5 Å². The number of aromatic nitrogens is 1. The van der Waals surface area contributed by atoms with Gasteiger partial charge < -0.3 is 19.9 Å². The van der Waals surface area contributed by atoms with Gasteiger partial charge in [-0.2, -0.15) is 13.2 Å². The number of methoxy groups -OCH3 is 1. The van der Waals surface area contributed by atoms with Gasteiger partial charge in [0.15, 0.2) is 11.6 Å². The second-order valence-corrected chi connectivity index (χ2v) is 9.57. The third kappa shape index (κ3) is 5.03. The molecule has 0 aliphatic heterocycles. The minimum absolute atomic E-state index is 0.230. The van der Waals surface area contributed by atoms with Crippen LogP contribution in [-0.2, 0) is 11.0 Å². The maximum atomic E-state index is 14.0. The Bertz CT molecular complexity index is 1490. The lowest BCUT2D eigenvalue weighted by Gasteiger charge is -2.30. The third-order valence-corrected chi connectivity index (χ3v) is 7.31. The predicted molar refractivity (Wildman–Crippen MR) is 128 cm³/mol. The van der Waals surface area contributed by atoms with Crippen LogP contribution in [-0.4, -0.2) is 30.1 Å². The van der Waals surface area contributed by atoms with E-state index >= 15 is 0 Å². The molecule has 210 valence electrons. The van der Waals surface area contributed by atoms with Gasteiger partial charge in [0.05, 0.1) is 30.4 Å². The van der Waals surface area contributed by atoms with E-state index in [-0.39, 0.29) is 22.9 Å². The van der Waals surface area contributed by atoms with Crippen LogP contribution in [0.2, 0.25) is 0 Å². The molecule has 2 bridgehead atoms. The Morgan fingerprint density at radius 3 is 2.45 bits per heavy atom. The fourth-order valence-corrected chi connectivity index (χ4v) is 5.62. The number of carbonyl (C=O) groups excluding carboxylic acids is 2. The van der Waals surface area contributed by atoms with E-state index in [1.807, 2.05) is 0 Å². The Labute approximate surface area is 223 Å². The molecule has 2 unspecified atom stereocenters. The molecule has 1 aromatic heterocycles. The van der Waals surface area contributed by atoms with Crippen LogP contribution in [0.5, 0.6) is 5.75 Å². The van der Waals surface area contributed by atoms with Crippen molar-refractivity contribution in [2.75, 3.05) is 12.4 Å². The molecule has 0 saturated heterocycles. The van der Waals surface area contributed by atoms with Crippen molar-refractivity contribution in [2.45, 2.75) is 25.1 Å². The highest BCUT2D eigenvalue weighted by Gasteiger charge is 2.54. The summed E-state index contributed by atoms with van der Waals surface area (Å²) < 4.78 is 91.0. The standard InChI is InChI=1S/C27H21F6N3O4/c1-39-22-9-21(30)20(29)8-17(22)25(37)36-24-15-4-3-14(16(15)6-12-10-34-40-11-12)23(24)26(38)35-13-2-5-19(28)18(7-13)27(31,32)33/h2,5-11,14-15,23-24H,3-4H2,1H3,(H,35,38)(H,36,37)/t14?,15?,23-,24+/m0/s1. The Morgan fingerprint density at radius 2 is 1.77 bits per heavy atom. The molecule has 7 nitrogen and oxygen atoms in total. The van der Waals surface area contributed by atoms with Gasteiger partial charge in [-0.05, 0) is 43.0 Å². The minimum Gasteiger partial charge on any atom is -0.496 e. The average molecular weight is 565 g/mol. The zero-order valence-electron chi connectivity index (χ0n) is 20.7. The van der Waals surface area contributed by atoms with E-state index in [1.54, 1.807) is 6.08 Å². The number of hydrogen-bond acceptors (Lipinski definition) is 5. The maximum absolute atomic E-state index is 14.0. The molecule has 2 aromatic carbocycles. The molecule has 2 aliphatic rings. The summed E-state index contributed by atoms with van der Waals surface area (Å²) in [4.78, 5) is 26.8. The number of carbonyl (C=O) groups is 2. The fraction of sp³-hybridized carbons (Fsp3) is 0.296. The van der Waals surface area contributed by atoms with Crippen molar-refractivity contribution < 1.29 is 45.2 Å². The summed E-state index contributed by atoms with van der Waals surface area (Å²) >= 11 is 0. The Hall–Kier alpha value is -4.29. The number of halogens is 6. The van der Waals surface area contributed by atoms with E-state index in [2.05, 4.69) is 15.8 Å². The zero-order valence-corrected chi connectivity index (χ0v) is 20.7. The smallest absolute Gasteiger partial charge is 0.419 e. The number of benzene rings is 2. The monoisotopic (exact) mass is 565 g/mol. The summed E-state index contributed by atoms with van der Waals surface area (Å²) in [5.41, 5.74) is -0.726. The summed E-state index contributed by atoms with van der Waals surface area (Å²) in [5, 5.41) is 8.80. The van der Waals surface area contributed by atoms with Gasteiger partial charge in [-0.25, -0.2) is 13.2 Å². The van der Waals surface area contributed by atoms with Crippen LogP contribution in [0.4, 0.5) is 32.0 Å². The van der Waals surface area contributed by atoms with Crippen molar-refractivity contribution in [2.24, 2.45) is 17.8 Å². The molecule has 1 heterocycles. The molecule has 0 radical (unpaired) electrons. The number of fused-ring (bicyclic) bond motifs is 2. The molecule has 0 spiro atoms. The molecule has 3 aromatic rings. The number of rotatable bonds is 6. The highest BCUT2D eigenvalue weighted by Crippen LogP contribution is 2.53. The van der Waals surface area contributed by atoms with Gasteiger partial charge in [0.2, 0.25) is 5.91 Å². The van der Waals surface area contributed by atoms with Crippen LogP contribution in [0.25, 0.3) is 6.08 Å². The van der Waals surface area contributed by atoms with Gasteiger partial charge in [-0.1, -0.05) is 16.8 Å². The number of amides is 2. The highest BCUT2D eigenvalue weighted by molar-refractivity contribution is 5.99. The van der Waals surface area contributed by atoms with E-state index in [0.29, 0.717) is 36.6 Å². The van der Waals surface area contributed by atoms with Crippen LogP contribution < -0.4 is 15.4 Å². The predicted octanol–water partition coefficient (Wildman–Crippen LogP) is 5.60. The highest BCUT2D eigenvalue weighted by atomic mass is 19.4. The van der Waals surface area contributed by atoms with Crippen LogP contribution in [0.1, 0.15) is 34.3 Å². The lowest BCUT2D eigenvalue weighted by atomic mass is 9.83. The van der Waals surface area contributed by atoms with Gasteiger partial charge in [-0.15, -0.1) is 0 Å². The number of nitrogens with one attached hydrogen (secondary N) is 2. The summed E-state index contributed by atoms with van der Waals surface area (Å²) in [7, 11) is 1.18. The van der Waals surface area contributed by atoms with Gasteiger partial charge in [0.25, 0.3) is 5.91 Å². The first-order valence-corrected chi connectivity index (χ1v) is 12.1. The summed E-state index contributed by atoms with van der Waals surface area (Å²) in [6.07, 6.45) is 0.737. The topological polar surface area (TPSA) is 93.5 Å². The van der Waals surface area contributed by atoms with Crippen LogP contribution in [0.15, 0.2) is 52.9 Å². The van der Waals surface area contributed by atoms with Crippen LogP contribution in [0.3, 0.4) is 0 Å². The van der Waals surface area contributed by atoms with E-state index < -0.39 is 58.9 Å². The first-order valence-electron chi connectivity index (χ1n) is 12.1. The van der Waals surface area contributed by atoms with E-state index in [1.165, 1.54) is 19.6 Å². The molecule has 2 amide bonds. The van der Waals surface area contributed by atoms with Crippen LogP contribution in [0, 0.1) is 35.2 Å². The zero-order chi connectivity index (χ0) is 28.8. The minimum atomic E-state index is -4.98. The Morgan fingerprint density at radius 1 is 1.05 bits per heavy atom. The first-order chi connectivity index (χ1) is 19.0. The van der Waals surface area contributed by atoms with Crippen molar-refractivity contribution in [1.29, 1.82) is 0 Å². The van der Waals surface area contributed by atoms with Gasteiger partial charge >= 0.3 is 6.18 Å². The molecule has 2 N–H and O–H groups in total. The van der Waals surface area contributed by atoms with E-state index in [9.17, 15) is 35.9 Å². The average Bonchev–Trinajstić information content (AvgIpc) is 3.62. The summed E-state index contributed by atoms with van der Waals surface area (Å²) in [6.45, 7) is 0. The number of alkyl halides is 3. The van der Waals surface area contributed by atoms with Crippen LogP contribution >= 0.6 is 0 Å². The summed E-state index contributed by atoms with van der Waals surface area (Å²) in [6, 6.07) is 2.64. The second-order valence-electron chi connectivity index (χ2n) is 9.57. The van der Waals surface area contributed by atoms with Crippen molar-refractivity contribution in [3.8, 4) is 5.75 Å². The normalized spacial score (nSPS) is 22.9. The number of hydrogen-bond donors (Lipinski definition) is 2. The third-order valence-electron chi connectivity index (χ3n) is 7.31. The maximum Gasteiger partial charge on any atom is 0.419 e. The lowest BCUT2D eigenvalue weighted by Crippen LogP contribution is -2.48. The molecule has 40 heavy (non-hydrogen) atoms. The van der Waals surface area contributed by atoms with Gasteiger partial charge in [0, 0.05) is 29.3 Å². The fourth-order valence-electron chi connectivity index (χ4n) is 5.62. The van der Waals surface area contributed by atoms with E-state index in [4.69, 9.17) is 9.26 Å². The number of nitrogens with zero attached hydrogens (tertiary/aromatic N) is 1.